The van der Waals surface area contributed by atoms with Gasteiger partial charge in [0, 0.05) is 35.8 Å². The molecular formula is C23H29Cl2N3O3S. The SMILES string of the molecule is CCCS(=O)(=O)N1CCC(c2ncccc2C)(C(C)NC(=O)c2ccc(Cl)cc2Cl)CC1. The normalized spacial score (nSPS) is 17.7. The molecule has 0 spiro atoms. The predicted molar refractivity (Wildman–Crippen MR) is 129 cm³/mol. The van der Waals surface area contributed by atoms with Crippen LogP contribution in [0.15, 0.2) is 36.5 Å². The predicted octanol–water partition coefficient (Wildman–Crippen LogP) is 4.59. The molecule has 2 heterocycles. The topological polar surface area (TPSA) is 79.4 Å². The molecule has 1 fully saturated rings. The molecule has 32 heavy (non-hydrogen) atoms. The Labute approximate surface area is 200 Å². The summed E-state index contributed by atoms with van der Waals surface area (Å²) in [6.45, 7) is 6.59. The number of nitrogens with zero attached hydrogens (tertiary/aromatic N) is 2. The summed E-state index contributed by atoms with van der Waals surface area (Å²) in [7, 11) is -3.28. The fraction of sp³-hybridized carbons (Fsp3) is 0.478. The number of benzene rings is 1. The first kappa shape index (κ1) is 25.0. The van der Waals surface area contributed by atoms with E-state index in [1.807, 2.05) is 32.9 Å². The van der Waals surface area contributed by atoms with E-state index >= 15 is 0 Å². The molecule has 0 radical (unpaired) electrons. The number of aromatic nitrogens is 1. The Morgan fingerprint density at radius 3 is 2.53 bits per heavy atom. The molecule has 1 aliphatic heterocycles. The Balaban J connectivity index is 1.91. The van der Waals surface area contributed by atoms with Gasteiger partial charge in [-0.05, 0) is 62.9 Å². The van der Waals surface area contributed by atoms with E-state index in [1.54, 1.807) is 28.7 Å². The summed E-state index contributed by atoms with van der Waals surface area (Å²) in [6.07, 6.45) is 3.44. The van der Waals surface area contributed by atoms with Crippen LogP contribution in [0.3, 0.4) is 0 Å². The van der Waals surface area contributed by atoms with Crippen molar-refractivity contribution >= 4 is 39.1 Å². The Hall–Kier alpha value is -1.67. The van der Waals surface area contributed by atoms with Crippen LogP contribution in [0.2, 0.25) is 10.0 Å². The van der Waals surface area contributed by atoms with Crippen LogP contribution in [-0.2, 0) is 15.4 Å². The van der Waals surface area contributed by atoms with Crippen molar-refractivity contribution in [1.82, 2.24) is 14.6 Å². The van der Waals surface area contributed by atoms with E-state index in [-0.39, 0.29) is 22.7 Å². The number of halogens is 2. The first-order valence-corrected chi connectivity index (χ1v) is 13.1. The molecule has 6 nitrogen and oxygen atoms in total. The Bertz CT molecular complexity index is 1080. The van der Waals surface area contributed by atoms with Crippen molar-refractivity contribution < 1.29 is 13.2 Å². The fourth-order valence-corrected chi connectivity index (χ4v) is 6.53. The molecule has 1 unspecified atom stereocenters. The zero-order valence-electron chi connectivity index (χ0n) is 18.6. The number of sulfonamides is 1. The van der Waals surface area contributed by atoms with Gasteiger partial charge in [-0.25, -0.2) is 12.7 Å². The van der Waals surface area contributed by atoms with Gasteiger partial charge in [-0.2, -0.15) is 0 Å². The molecule has 1 aromatic heterocycles. The van der Waals surface area contributed by atoms with Crippen molar-refractivity contribution in [2.45, 2.75) is 51.5 Å². The van der Waals surface area contributed by atoms with Gasteiger partial charge in [0.05, 0.1) is 22.0 Å². The number of hydrogen-bond acceptors (Lipinski definition) is 4. The lowest BCUT2D eigenvalue weighted by atomic mass is 9.69. The van der Waals surface area contributed by atoms with E-state index in [4.69, 9.17) is 23.2 Å². The van der Waals surface area contributed by atoms with E-state index < -0.39 is 15.4 Å². The molecular weight excluding hydrogens is 469 g/mol. The van der Waals surface area contributed by atoms with Crippen molar-refractivity contribution in [1.29, 1.82) is 0 Å². The van der Waals surface area contributed by atoms with Gasteiger partial charge in [0.25, 0.3) is 5.91 Å². The summed E-state index contributed by atoms with van der Waals surface area (Å²) in [5.74, 6) is -0.155. The molecule has 1 N–H and O–H groups in total. The summed E-state index contributed by atoms with van der Waals surface area (Å²) in [5, 5.41) is 3.84. The summed E-state index contributed by atoms with van der Waals surface area (Å²) in [4.78, 5) is 17.7. The molecule has 1 saturated heterocycles. The van der Waals surface area contributed by atoms with E-state index in [0.29, 0.717) is 42.9 Å². The van der Waals surface area contributed by atoms with Gasteiger partial charge in [-0.1, -0.05) is 36.2 Å². The zero-order valence-corrected chi connectivity index (χ0v) is 20.9. The third-order valence-electron chi connectivity index (χ3n) is 6.30. The van der Waals surface area contributed by atoms with Crippen LogP contribution < -0.4 is 5.32 Å². The summed E-state index contributed by atoms with van der Waals surface area (Å²) >= 11 is 12.2. The van der Waals surface area contributed by atoms with Crippen LogP contribution in [0.4, 0.5) is 0 Å². The number of carbonyl (C=O) groups excluding carboxylic acids is 1. The third-order valence-corrected chi connectivity index (χ3v) is 8.93. The average molecular weight is 498 g/mol. The van der Waals surface area contributed by atoms with Crippen LogP contribution in [0, 0.1) is 6.92 Å². The van der Waals surface area contributed by atoms with Gasteiger partial charge in [-0.15, -0.1) is 0 Å². The molecule has 174 valence electrons. The second-order valence-electron chi connectivity index (χ2n) is 8.36. The lowest BCUT2D eigenvalue weighted by Crippen LogP contribution is -2.56. The number of piperidine rings is 1. The number of nitrogens with one attached hydrogen (secondary N) is 1. The Kier molecular flexibility index (Phi) is 7.86. The highest BCUT2D eigenvalue weighted by molar-refractivity contribution is 7.89. The van der Waals surface area contributed by atoms with E-state index in [1.165, 1.54) is 0 Å². The number of aryl methyl sites for hydroxylation is 1. The first-order valence-electron chi connectivity index (χ1n) is 10.8. The molecule has 2 aromatic rings. The Morgan fingerprint density at radius 2 is 1.94 bits per heavy atom. The van der Waals surface area contributed by atoms with Crippen LogP contribution in [0.5, 0.6) is 0 Å². The monoisotopic (exact) mass is 497 g/mol. The molecule has 0 saturated carbocycles. The molecule has 3 rings (SSSR count). The molecule has 1 atom stereocenters. The standard InChI is InChI=1S/C23H29Cl2N3O3S/c1-4-14-32(30,31)28-12-9-23(10-13-28,21-16(2)6-5-11-26-21)17(3)27-22(29)19-8-7-18(24)15-20(19)25/h5-8,11,15,17H,4,9-10,12-14H2,1-3H3,(H,27,29). The van der Waals surface area contributed by atoms with Gasteiger partial charge in [0.15, 0.2) is 0 Å². The molecule has 0 bridgehead atoms. The zero-order chi connectivity index (χ0) is 23.5. The Morgan fingerprint density at radius 1 is 1.25 bits per heavy atom. The third kappa shape index (κ3) is 5.11. The maximum absolute atomic E-state index is 13.0. The highest BCUT2D eigenvalue weighted by Gasteiger charge is 2.45. The van der Waals surface area contributed by atoms with Crippen molar-refractivity contribution in [2.24, 2.45) is 0 Å². The van der Waals surface area contributed by atoms with Crippen molar-refractivity contribution in [3.05, 3.63) is 63.4 Å². The number of rotatable bonds is 7. The summed E-state index contributed by atoms with van der Waals surface area (Å²) in [6, 6.07) is 8.34. The molecule has 1 amide bonds. The largest absolute Gasteiger partial charge is 0.349 e. The molecule has 0 aliphatic carbocycles. The fourth-order valence-electron chi connectivity index (χ4n) is 4.52. The lowest BCUT2D eigenvalue weighted by Gasteiger charge is -2.45. The second-order valence-corrected chi connectivity index (χ2v) is 11.3. The number of amides is 1. The van der Waals surface area contributed by atoms with E-state index in [9.17, 15) is 13.2 Å². The molecule has 1 aliphatic rings. The van der Waals surface area contributed by atoms with Gasteiger partial charge in [0.1, 0.15) is 0 Å². The average Bonchev–Trinajstić information content (AvgIpc) is 2.74. The summed E-state index contributed by atoms with van der Waals surface area (Å²) < 4.78 is 26.8. The quantitative estimate of drug-likeness (QED) is 0.606. The molecule has 1 aromatic carbocycles. The maximum atomic E-state index is 13.0. The number of hydrogen-bond donors (Lipinski definition) is 1. The number of carbonyl (C=O) groups is 1. The van der Waals surface area contributed by atoms with Crippen LogP contribution in [-0.4, -0.2) is 48.5 Å². The lowest BCUT2D eigenvalue weighted by molar-refractivity contribution is 0.0892. The van der Waals surface area contributed by atoms with Gasteiger partial charge in [0.2, 0.25) is 10.0 Å². The second kappa shape index (κ2) is 10.1. The smallest absolute Gasteiger partial charge is 0.253 e. The van der Waals surface area contributed by atoms with E-state index in [2.05, 4.69) is 10.3 Å². The minimum Gasteiger partial charge on any atom is -0.349 e. The minimum absolute atomic E-state index is 0.143. The first-order chi connectivity index (χ1) is 15.1. The van der Waals surface area contributed by atoms with Crippen LogP contribution >= 0.6 is 23.2 Å². The molecule has 9 heteroatoms. The van der Waals surface area contributed by atoms with Crippen LogP contribution in [0.1, 0.15) is 54.7 Å². The van der Waals surface area contributed by atoms with Crippen molar-refractivity contribution in [3.8, 4) is 0 Å². The highest BCUT2D eigenvalue weighted by atomic mass is 35.5. The van der Waals surface area contributed by atoms with Crippen LogP contribution in [0.25, 0.3) is 0 Å². The van der Waals surface area contributed by atoms with Gasteiger partial charge >= 0.3 is 0 Å². The van der Waals surface area contributed by atoms with Crippen molar-refractivity contribution in [3.63, 3.8) is 0 Å². The van der Waals surface area contributed by atoms with Gasteiger partial charge < -0.3 is 5.32 Å². The van der Waals surface area contributed by atoms with Gasteiger partial charge in [-0.3, -0.25) is 9.78 Å². The number of pyridine rings is 1. The van der Waals surface area contributed by atoms with E-state index in [0.717, 1.165) is 11.3 Å². The van der Waals surface area contributed by atoms with Crippen molar-refractivity contribution in [2.75, 3.05) is 18.8 Å². The summed E-state index contributed by atoms with van der Waals surface area (Å²) in [5.41, 5.74) is 1.75. The minimum atomic E-state index is -3.28. The highest BCUT2D eigenvalue weighted by Crippen LogP contribution is 2.40. The maximum Gasteiger partial charge on any atom is 0.253 e.